The molecule has 0 radical (unpaired) electrons. The molecule has 2 amide bonds. The molecule has 24 heavy (non-hydrogen) atoms. The Hall–Kier alpha value is -1.73. The molecule has 1 aromatic rings. The lowest BCUT2D eigenvalue weighted by atomic mass is 9.65. The van der Waals surface area contributed by atoms with Gasteiger partial charge >= 0.3 is 12.2 Å². The number of rotatable bonds is 1. The number of hydrogen-bond acceptors (Lipinski definition) is 2. The third-order valence-electron chi connectivity index (χ3n) is 5.01. The minimum Gasteiger partial charge on any atom is -0.321 e. The second kappa shape index (κ2) is 5.13. The lowest BCUT2D eigenvalue weighted by Crippen LogP contribution is -2.40. The highest BCUT2D eigenvalue weighted by atomic mass is 19.4. The number of aryl methyl sites for hydroxylation is 1. The van der Waals surface area contributed by atoms with Gasteiger partial charge < -0.3 is 10.2 Å². The molecule has 8 heteroatoms. The summed E-state index contributed by atoms with van der Waals surface area (Å²) in [4.78, 5) is 14.3. The number of anilines is 1. The van der Waals surface area contributed by atoms with Crippen LogP contribution in [0.15, 0.2) is 6.20 Å². The van der Waals surface area contributed by atoms with E-state index in [0.717, 1.165) is 23.9 Å². The van der Waals surface area contributed by atoms with Gasteiger partial charge in [0, 0.05) is 25.8 Å². The lowest BCUT2D eigenvalue weighted by molar-refractivity contribution is -0.140. The van der Waals surface area contributed by atoms with E-state index >= 15 is 0 Å². The highest BCUT2D eigenvalue weighted by molar-refractivity contribution is 5.90. The van der Waals surface area contributed by atoms with Gasteiger partial charge in [-0.2, -0.15) is 18.3 Å². The van der Waals surface area contributed by atoms with Crippen LogP contribution in [0.2, 0.25) is 0 Å². The topological polar surface area (TPSA) is 50.2 Å². The van der Waals surface area contributed by atoms with Crippen molar-refractivity contribution in [3.8, 4) is 0 Å². The van der Waals surface area contributed by atoms with Gasteiger partial charge in [-0.1, -0.05) is 20.8 Å². The molecule has 1 N–H and O–H groups in total. The molecule has 0 spiro atoms. The van der Waals surface area contributed by atoms with Crippen molar-refractivity contribution >= 4 is 11.7 Å². The molecule has 3 rings (SSSR count). The lowest BCUT2D eigenvalue weighted by Gasteiger charge is -2.39. The number of amides is 2. The summed E-state index contributed by atoms with van der Waals surface area (Å²) >= 11 is 0. The number of carbonyl (C=O) groups is 1. The number of likely N-dealkylation sites (tertiary alicyclic amines) is 1. The first-order valence-electron chi connectivity index (χ1n) is 8.07. The fraction of sp³-hybridized carbons (Fsp3) is 0.750. The van der Waals surface area contributed by atoms with Crippen molar-refractivity contribution in [2.45, 2.75) is 52.3 Å². The molecule has 1 saturated carbocycles. The maximum absolute atomic E-state index is 13.0. The van der Waals surface area contributed by atoms with Crippen LogP contribution in [-0.2, 0) is 13.2 Å². The van der Waals surface area contributed by atoms with Crippen LogP contribution in [-0.4, -0.2) is 33.3 Å². The van der Waals surface area contributed by atoms with Gasteiger partial charge in [0.25, 0.3) is 0 Å². The van der Waals surface area contributed by atoms with Crippen LogP contribution in [0.5, 0.6) is 0 Å². The molecule has 5 nitrogen and oxygen atoms in total. The quantitative estimate of drug-likeness (QED) is 0.841. The Labute approximate surface area is 139 Å². The summed E-state index contributed by atoms with van der Waals surface area (Å²) in [5.74, 6) is 0. The van der Waals surface area contributed by atoms with Crippen molar-refractivity contribution in [3.63, 3.8) is 0 Å². The molecule has 1 saturated heterocycles. The van der Waals surface area contributed by atoms with Gasteiger partial charge in [0.15, 0.2) is 5.69 Å². The van der Waals surface area contributed by atoms with Crippen LogP contribution in [0.3, 0.4) is 0 Å². The van der Waals surface area contributed by atoms with E-state index in [4.69, 9.17) is 0 Å². The van der Waals surface area contributed by atoms with Gasteiger partial charge in [-0.3, -0.25) is 4.68 Å². The molecule has 1 aliphatic heterocycles. The van der Waals surface area contributed by atoms with Crippen molar-refractivity contribution in [2.75, 3.05) is 11.9 Å². The van der Waals surface area contributed by atoms with Crippen LogP contribution in [0, 0.1) is 10.8 Å². The van der Waals surface area contributed by atoms with Crippen LogP contribution in [0.1, 0.15) is 45.7 Å². The molecule has 1 aromatic heterocycles. The van der Waals surface area contributed by atoms with E-state index in [-0.39, 0.29) is 22.6 Å². The second-order valence-electron chi connectivity index (χ2n) is 8.33. The molecule has 2 heterocycles. The number of nitrogens with zero attached hydrogens (tertiary/aromatic N) is 3. The van der Waals surface area contributed by atoms with Crippen molar-refractivity contribution in [3.05, 3.63) is 11.9 Å². The number of nitrogens with one attached hydrogen (secondary N) is 1. The smallest absolute Gasteiger partial charge is 0.321 e. The summed E-state index contributed by atoms with van der Waals surface area (Å²) in [6.45, 7) is 7.09. The average Bonchev–Trinajstić information content (AvgIpc) is 2.85. The number of fused-ring (bicyclic) bond motifs is 2. The van der Waals surface area contributed by atoms with E-state index in [0.29, 0.717) is 6.54 Å². The predicted molar refractivity (Wildman–Crippen MR) is 83.5 cm³/mol. The van der Waals surface area contributed by atoms with Gasteiger partial charge in [-0.25, -0.2) is 4.79 Å². The Bertz CT molecular complexity index is 667. The average molecular weight is 344 g/mol. The predicted octanol–water partition coefficient (Wildman–Crippen LogP) is 3.87. The first-order valence-corrected chi connectivity index (χ1v) is 8.07. The molecule has 2 atom stereocenters. The monoisotopic (exact) mass is 344 g/mol. The Kier molecular flexibility index (Phi) is 3.66. The summed E-state index contributed by atoms with van der Waals surface area (Å²) in [6.07, 6.45) is -0.619. The third-order valence-corrected chi connectivity index (χ3v) is 5.01. The first-order chi connectivity index (χ1) is 10.9. The van der Waals surface area contributed by atoms with E-state index in [1.165, 1.54) is 13.2 Å². The molecular formula is C16H23F3N4O. The molecule has 2 unspecified atom stereocenters. The van der Waals surface area contributed by atoms with Crippen molar-refractivity contribution in [2.24, 2.45) is 17.9 Å². The largest absolute Gasteiger partial charge is 0.437 e. The summed E-state index contributed by atoms with van der Waals surface area (Å²) < 4.78 is 40.1. The second-order valence-corrected chi connectivity index (χ2v) is 8.33. The van der Waals surface area contributed by atoms with E-state index in [1.807, 2.05) is 0 Å². The van der Waals surface area contributed by atoms with Gasteiger partial charge in [-0.15, -0.1) is 0 Å². The molecule has 2 fully saturated rings. The Balaban J connectivity index is 1.80. The maximum Gasteiger partial charge on any atom is 0.437 e. The highest BCUT2D eigenvalue weighted by Crippen LogP contribution is 2.52. The standard InChI is InChI=1S/C16H23F3N4O/c1-14(2)5-10-6-15(3,8-14)9-23(10)13(24)20-11-7-22(4)21-12(11)16(17,18)19/h7,10H,5-6,8-9H2,1-4H3,(H,20,24). The molecule has 0 aromatic carbocycles. The first kappa shape index (κ1) is 17.1. The number of alkyl halides is 3. The number of hydrogen-bond donors (Lipinski definition) is 1. The van der Waals surface area contributed by atoms with Crippen molar-refractivity contribution in [1.29, 1.82) is 0 Å². The van der Waals surface area contributed by atoms with E-state index < -0.39 is 17.9 Å². The number of urea groups is 1. The van der Waals surface area contributed by atoms with E-state index in [2.05, 4.69) is 31.2 Å². The summed E-state index contributed by atoms with van der Waals surface area (Å²) in [5.41, 5.74) is -1.18. The zero-order chi connectivity index (χ0) is 17.9. The minimum absolute atomic E-state index is 0.0333. The summed E-state index contributed by atoms with van der Waals surface area (Å²) in [7, 11) is 1.40. The maximum atomic E-state index is 13.0. The molecule has 2 bridgehead atoms. The van der Waals surface area contributed by atoms with Crippen molar-refractivity contribution in [1.82, 2.24) is 14.7 Å². The van der Waals surface area contributed by atoms with E-state index in [9.17, 15) is 18.0 Å². The van der Waals surface area contributed by atoms with Crippen LogP contribution >= 0.6 is 0 Å². The Morgan fingerprint density at radius 3 is 2.62 bits per heavy atom. The SMILES string of the molecule is Cn1cc(NC(=O)N2CC3(C)CC2CC(C)(C)C3)c(C(F)(F)F)n1. The van der Waals surface area contributed by atoms with Gasteiger partial charge in [0.1, 0.15) is 0 Å². The van der Waals surface area contributed by atoms with E-state index in [1.54, 1.807) is 4.90 Å². The van der Waals surface area contributed by atoms with Gasteiger partial charge in [0.05, 0.1) is 5.69 Å². The number of halogens is 3. The normalized spacial score (nSPS) is 29.0. The summed E-state index contributed by atoms with van der Waals surface area (Å²) in [5, 5.41) is 5.84. The highest BCUT2D eigenvalue weighted by Gasteiger charge is 2.51. The fourth-order valence-corrected chi connectivity index (χ4v) is 4.67. The molecule has 2 aliphatic rings. The van der Waals surface area contributed by atoms with Crippen LogP contribution in [0.4, 0.5) is 23.7 Å². The number of carbonyl (C=O) groups excluding carboxylic acids is 1. The number of aromatic nitrogens is 2. The Morgan fingerprint density at radius 2 is 2.00 bits per heavy atom. The third kappa shape index (κ3) is 3.10. The van der Waals surface area contributed by atoms with Gasteiger partial charge in [-0.05, 0) is 30.1 Å². The van der Waals surface area contributed by atoms with Gasteiger partial charge in [0.2, 0.25) is 0 Å². The fourth-order valence-electron chi connectivity index (χ4n) is 4.67. The summed E-state index contributed by atoms with van der Waals surface area (Å²) in [6, 6.07) is -0.398. The minimum atomic E-state index is -4.60. The van der Waals surface area contributed by atoms with Crippen LogP contribution < -0.4 is 5.32 Å². The molecular weight excluding hydrogens is 321 g/mol. The van der Waals surface area contributed by atoms with Crippen molar-refractivity contribution < 1.29 is 18.0 Å². The molecule has 1 aliphatic carbocycles. The Morgan fingerprint density at radius 1 is 1.33 bits per heavy atom. The van der Waals surface area contributed by atoms with Crippen LogP contribution in [0.25, 0.3) is 0 Å². The zero-order valence-corrected chi connectivity index (χ0v) is 14.4. The molecule has 134 valence electrons. The zero-order valence-electron chi connectivity index (χ0n) is 14.4.